The summed E-state index contributed by atoms with van der Waals surface area (Å²) in [6.45, 7) is 3.06. The predicted molar refractivity (Wildman–Crippen MR) is 61.8 cm³/mol. The van der Waals surface area contributed by atoms with Crippen LogP contribution in [0.5, 0.6) is 0 Å². The molecule has 1 heterocycles. The number of nitrogens with zero attached hydrogens (tertiary/aromatic N) is 1. The van der Waals surface area contributed by atoms with Crippen molar-refractivity contribution in [3.05, 3.63) is 0 Å². The van der Waals surface area contributed by atoms with Crippen molar-refractivity contribution in [1.29, 1.82) is 0 Å². The first-order valence-electron chi connectivity index (χ1n) is 6.03. The number of hydrogen-bond donors (Lipinski definition) is 0. The number of rotatable bonds is 0. The van der Waals surface area contributed by atoms with E-state index in [4.69, 9.17) is 7.85 Å². The van der Waals surface area contributed by atoms with Gasteiger partial charge in [-0.15, -0.1) is 0 Å². The largest absolute Gasteiger partial charge is 0.346 e. The molecular formula is C12H20BNO. The van der Waals surface area contributed by atoms with Crippen LogP contribution in [0.1, 0.15) is 39.0 Å². The van der Waals surface area contributed by atoms with Crippen molar-refractivity contribution in [1.82, 2.24) is 4.90 Å². The number of carbonyl (C=O) groups is 1. The second-order valence-corrected chi connectivity index (χ2v) is 5.65. The van der Waals surface area contributed by atoms with Gasteiger partial charge in [-0.05, 0) is 25.2 Å². The van der Waals surface area contributed by atoms with Gasteiger partial charge in [0.15, 0.2) is 0 Å². The van der Waals surface area contributed by atoms with Crippen LogP contribution in [0.15, 0.2) is 0 Å². The molecular weight excluding hydrogens is 185 g/mol. The molecule has 15 heavy (non-hydrogen) atoms. The summed E-state index contributed by atoms with van der Waals surface area (Å²) in [6, 6.07) is 0. The third kappa shape index (κ3) is 2.21. The Labute approximate surface area is 93.8 Å². The lowest BCUT2D eigenvalue weighted by Crippen LogP contribution is -2.42. The summed E-state index contributed by atoms with van der Waals surface area (Å²) in [5.41, 5.74) is 0. The summed E-state index contributed by atoms with van der Waals surface area (Å²) in [6.07, 6.45) is 5.36. The van der Waals surface area contributed by atoms with Gasteiger partial charge < -0.3 is 4.90 Å². The second-order valence-electron chi connectivity index (χ2n) is 5.65. The summed E-state index contributed by atoms with van der Waals surface area (Å²) < 4.78 is 0. The van der Waals surface area contributed by atoms with Gasteiger partial charge in [0.25, 0.3) is 0 Å². The molecule has 2 nitrogen and oxygen atoms in total. The van der Waals surface area contributed by atoms with E-state index in [1.54, 1.807) is 0 Å². The Morgan fingerprint density at radius 1 is 1.33 bits per heavy atom. The van der Waals surface area contributed by atoms with E-state index in [-0.39, 0.29) is 11.2 Å². The molecule has 2 radical (unpaired) electrons. The van der Waals surface area contributed by atoms with Gasteiger partial charge in [-0.3, -0.25) is 4.79 Å². The minimum atomic E-state index is -0.0454. The van der Waals surface area contributed by atoms with Crippen LogP contribution in [0, 0.1) is 11.8 Å². The second kappa shape index (κ2) is 3.84. The monoisotopic (exact) mass is 205 g/mol. The first-order chi connectivity index (χ1) is 6.99. The van der Waals surface area contributed by atoms with Crippen molar-refractivity contribution in [2.75, 3.05) is 13.6 Å². The number of piperidine rings is 1. The lowest BCUT2D eigenvalue weighted by molar-refractivity contribution is -0.139. The Bertz CT molecular complexity index is 264. The maximum atomic E-state index is 12.0. The van der Waals surface area contributed by atoms with Gasteiger partial charge in [-0.2, -0.15) is 0 Å². The smallest absolute Gasteiger partial charge is 0.225 e. The van der Waals surface area contributed by atoms with Gasteiger partial charge in [0.1, 0.15) is 0 Å². The first-order valence-corrected chi connectivity index (χ1v) is 6.03. The van der Waals surface area contributed by atoms with Crippen molar-refractivity contribution >= 4 is 13.8 Å². The fraction of sp³-hybridized carbons (Fsp3) is 0.917. The van der Waals surface area contributed by atoms with Crippen molar-refractivity contribution in [2.24, 2.45) is 11.8 Å². The zero-order valence-electron chi connectivity index (χ0n) is 9.83. The van der Waals surface area contributed by atoms with Crippen LogP contribution < -0.4 is 0 Å². The Hall–Kier alpha value is -0.465. The number of likely N-dealkylation sites (tertiary alicyclic amines) is 1. The molecule has 1 saturated carbocycles. The highest BCUT2D eigenvalue weighted by molar-refractivity contribution is 6.14. The lowest BCUT2D eigenvalue weighted by Gasteiger charge is -2.35. The minimum Gasteiger partial charge on any atom is -0.346 e. The van der Waals surface area contributed by atoms with Gasteiger partial charge in [0.05, 0.1) is 7.85 Å². The predicted octanol–water partition coefficient (Wildman–Crippen LogP) is 2.00. The van der Waals surface area contributed by atoms with Gasteiger partial charge in [0.2, 0.25) is 5.91 Å². The molecule has 1 aliphatic carbocycles. The van der Waals surface area contributed by atoms with Crippen LogP contribution in [0.3, 0.4) is 0 Å². The van der Waals surface area contributed by atoms with Crippen molar-refractivity contribution in [3.8, 4) is 0 Å². The van der Waals surface area contributed by atoms with E-state index >= 15 is 0 Å². The normalized spacial score (nSPS) is 42.3. The lowest BCUT2D eigenvalue weighted by atomic mass is 9.65. The molecule has 0 bridgehead atoms. The third-order valence-electron chi connectivity index (χ3n) is 4.21. The van der Waals surface area contributed by atoms with E-state index in [0.717, 1.165) is 32.2 Å². The van der Waals surface area contributed by atoms with Crippen LogP contribution in [-0.2, 0) is 4.79 Å². The summed E-state index contributed by atoms with van der Waals surface area (Å²) >= 11 is 0. The molecule has 0 aromatic rings. The van der Waals surface area contributed by atoms with Crippen LogP contribution in [0.2, 0.25) is 5.31 Å². The van der Waals surface area contributed by atoms with Gasteiger partial charge in [0, 0.05) is 19.5 Å². The quantitative estimate of drug-likeness (QED) is 0.554. The van der Waals surface area contributed by atoms with Gasteiger partial charge in [-0.1, -0.05) is 25.1 Å². The van der Waals surface area contributed by atoms with Crippen LogP contribution in [0.4, 0.5) is 0 Å². The highest BCUT2D eigenvalue weighted by atomic mass is 16.2. The molecule has 0 aromatic heterocycles. The number of amides is 1. The molecule has 2 rings (SSSR count). The van der Waals surface area contributed by atoms with E-state index in [0.29, 0.717) is 11.8 Å². The minimum absolute atomic E-state index is 0.0454. The molecule has 1 saturated heterocycles. The SMILES string of the molecule is [B]C1(C)CCC2CCN(C)C(=O)[C@H]2CC1. The molecule has 1 amide bonds. The van der Waals surface area contributed by atoms with Gasteiger partial charge in [-0.25, -0.2) is 0 Å². The summed E-state index contributed by atoms with van der Waals surface area (Å²) in [5, 5.41) is -0.0454. The summed E-state index contributed by atoms with van der Waals surface area (Å²) in [7, 11) is 8.11. The molecule has 2 aliphatic rings. The average Bonchev–Trinajstić information content (AvgIpc) is 2.32. The fourth-order valence-electron chi connectivity index (χ4n) is 2.99. The van der Waals surface area contributed by atoms with Crippen LogP contribution in [-0.4, -0.2) is 32.2 Å². The van der Waals surface area contributed by atoms with Crippen molar-refractivity contribution in [2.45, 2.75) is 44.3 Å². The topological polar surface area (TPSA) is 20.3 Å². The molecule has 1 aliphatic heterocycles. The maximum absolute atomic E-state index is 12.0. The van der Waals surface area contributed by atoms with E-state index < -0.39 is 0 Å². The van der Waals surface area contributed by atoms with Crippen LogP contribution in [0.25, 0.3) is 0 Å². The average molecular weight is 205 g/mol. The first kappa shape index (κ1) is 11.0. The maximum Gasteiger partial charge on any atom is 0.225 e. The molecule has 2 fully saturated rings. The zero-order chi connectivity index (χ0) is 11.1. The molecule has 0 N–H and O–H groups in total. The molecule has 3 heteroatoms. The number of hydrogen-bond acceptors (Lipinski definition) is 1. The van der Waals surface area contributed by atoms with E-state index in [2.05, 4.69) is 6.92 Å². The Morgan fingerprint density at radius 3 is 2.73 bits per heavy atom. The van der Waals surface area contributed by atoms with Crippen LogP contribution >= 0.6 is 0 Å². The third-order valence-corrected chi connectivity index (χ3v) is 4.21. The Kier molecular flexibility index (Phi) is 2.82. The van der Waals surface area contributed by atoms with E-state index in [1.807, 2.05) is 11.9 Å². The van der Waals surface area contributed by atoms with Crippen molar-refractivity contribution in [3.63, 3.8) is 0 Å². The van der Waals surface area contributed by atoms with E-state index in [1.165, 1.54) is 6.42 Å². The molecule has 2 unspecified atom stereocenters. The highest BCUT2D eigenvalue weighted by Crippen LogP contribution is 2.44. The fourth-order valence-corrected chi connectivity index (χ4v) is 2.99. The zero-order valence-corrected chi connectivity index (χ0v) is 9.83. The summed E-state index contributed by atoms with van der Waals surface area (Å²) in [4.78, 5) is 13.9. The standard InChI is InChI=1S/C12H20BNO/c1-12(13)6-3-9-5-8-14(2)11(15)10(9)4-7-12/h9-10H,3-8H2,1-2H3/t9?,10-,12?/m0/s1. The summed E-state index contributed by atoms with van der Waals surface area (Å²) in [5.74, 6) is 1.21. The van der Waals surface area contributed by atoms with Gasteiger partial charge >= 0.3 is 0 Å². The Morgan fingerprint density at radius 2 is 2.00 bits per heavy atom. The van der Waals surface area contributed by atoms with E-state index in [9.17, 15) is 4.79 Å². The van der Waals surface area contributed by atoms with Crippen molar-refractivity contribution < 1.29 is 4.79 Å². The molecule has 3 atom stereocenters. The molecule has 0 spiro atoms. The highest BCUT2D eigenvalue weighted by Gasteiger charge is 2.38. The number of carbonyl (C=O) groups excluding carboxylic acids is 1. The Balaban J connectivity index is 2.10. The molecule has 82 valence electrons. The molecule has 0 aromatic carbocycles. The number of fused-ring (bicyclic) bond motifs is 1.